The van der Waals surface area contributed by atoms with Crippen LogP contribution in [0.5, 0.6) is 0 Å². The molecule has 0 radical (unpaired) electrons. The van der Waals surface area contributed by atoms with Crippen molar-refractivity contribution in [3.63, 3.8) is 0 Å². The maximum atomic E-state index is 12.8. The highest BCUT2D eigenvalue weighted by atomic mass is 16.5. The minimum atomic E-state index is 0.0668. The fraction of sp³-hybridized carbons (Fsp3) is 0.353. The quantitative estimate of drug-likeness (QED) is 0.849. The molecule has 1 aliphatic rings. The average Bonchev–Trinajstić information content (AvgIpc) is 2.56. The Labute approximate surface area is 124 Å². The predicted octanol–water partition coefficient (Wildman–Crippen LogP) is 3.12. The SMILES string of the molecule is CCN(C(=O)N1CCOCC1)c1cccc2ccccc12. The first-order chi connectivity index (χ1) is 10.3. The second-order valence-electron chi connectivity index (χ2n) is 5.12. The van der Waals surface area contributed by atoms with Gasteiger partial charge in [-0.2, -0.15) is 0 Å². The van der Waals surface area contributed by atoms with Crippen molar-refractivity contribution in [1.82, 2.24) is 4.90 Å². The molecule has 1 fully saturated rings. The number of benzene rings is 2. The third-order valence-corrected chi connectivity index (χ3v) is 3.89. The minimum Gasteiger partial charge on any atom is -0.378 e. The van der Waals surface area contributed by atoms with E-state index in [4.69, 9.17) is 4.74 Å². The second-order valence-corrected chi connectivity index (χ2v) is 5.12. The smallest absolute Gasteiger partial charge is 0.324 e. The Morgan fingerprint density at radius 3 is 2.62 bits per heavy atom. The molecule has 4 heteroatoms. The normalized spacial score (nSPS) is 15.2. The third-order valence-electron chi connectivity index (χ3n) is 3.89. The molecule has 21 heavy (non-hydrogen) atoms. The van der Waals surface area contributed by atoms with E-state index in [0.29, 0.717) is 32.8 Å². The molecule has 0 atom stereocenters. The number of rotatable bonds is 2. The van der Waals surface area contributed by atoms with Crippen molar-refractivity contribution in [3.8, 4) is 0 Å². The molecule has 1 heterocycles. The summed E-state index contributed by atoms with van der Waals surface area (Å²) in [5.41, 5.74) is 0.979. The van der Waals surface area contributed by atoms with Gasteiger partial charge >= 0.3 is 6.03 Å². The molecule has 0 spiro atoms. The third kappa shape index (κ3) is 2.72. The van der Waals surface area contributed by atoms with Gasteiger partial charge in [0, 0.05) is 25.0 Å². The summed E-state index contributed by atoms with van der Waals surface area (Å²) in [6, 6.07) is 14.3. The van der Waals surface area contributed by atoms with E-state index < -0.39 is 0 Å². The minimum absolute atomic E-state index is 0.0668. The van der Waals surface area contributed by atoms with Crippen LogP contribution >= 0.6 is 0 Å². The van der Waals surface area contributed by atoms with Crippen LogP contribution in [0.25, 0.3) is 10.8 Å². The van der Waals surface area contributed by atoms with Crippen LogP contribution in [0.1, 0.15) is 6.92 Å². The number of anilines is 1. The lowest BCUT2D eigenvalue weighted by molar-refractivity contribution is 0.0549. The van der Waals surface area contributed by atoms with Crippen LogP contribution in [-0.2, 0) is 4.74 Å². The van der Waals surface area contributed by atoms with Gasteiger partial charge in [-0.25, -0.2) is 4.79 Å². The number of fused-ring (bicyclic) bond motifs is 1. The van der Waals surface area contributed by atoms with Crippen molar-refractivity contribution in [3.05, 3.63) is 42.5 Å². The van der Waals surface area contributed by atoms with E-state index in [1.807, 2.05) is 41.0 Å². The molecule has 0 aromatic heterocycles. The highest BCUT2D eigenvalue weighted by Gasteiger charge is 2.23. The standard InChI is InChI=1S/C17H20N2O2/c1-2-19(17(20)18-10-12-21-13-11-18)16-9-5-7-14-6-3-4-8-15(14)16/h3-9H,2,10-13H2,1H3. The summed E-state index contributed by atoms with van der Waals surface area (Å²) in [4.78, 5) is 16.5. The Hall–Kier alpha value is -2.07. The number of nitrogens with zero attached hydrogens (tertiary/aromatic N) is 2. The molecular formula is C17H20N2O2. The van der Waals surface area contributed by atoms with E-state index in [-0.39, 0.29) is 6.03 Å². The van der Waals surface area contributed by atoms with Crippen LogP contribution in [0, 0.1) is 0 Å². The van der Waals surface area contributed by atoms with Crippen molar-refractivity contribution in [2.24, 2.45) is 0 Å². The number of morpholine rings is 1. The molecule has 0 aliphatic carbocycles. The van der Waals surface area contributed by atoms with Crippen LogP contribution in [0.2, 0.25) is 0 Å². The summed E-state index contributed by atoms with van der Waals surface area (Å²) in [5, 5.41) is 2.27. The molecule has 3 rings (SSSR count). The summed E-state index contributed by atoms with van der Waals surface area (Å²) >= 11 is 0. The zero-order valence-electron chi connectivity index (χ0n) is 12.3. The van der Waals surface area contributed by atoms with Gasteiger partial charge in [0.2, 0.25) is 0 Å². The number of ether oxygens (including phenoxy) is 1. The van der Waals surface area contributed by atoms with Gasteiger partial charge in [-0.1, -0.05) is 36.4 Å². The topological polar surface area (TPSA) is 32.8 Å². The number of amides is 2. The van der Waals surface area contributed by atoms with Gasteiger partial charge in [-0.05, 0) is 18.4 Å². The zero-order chi connectivity index (χ0) is 14.7. The molecule has 0 bridgehead atoms. The van der Waals surface area contributed by atoms with Gasteiger partial charge in [0.15, 0.2) is 0 Å². The molecule has 2 aromatic rings. The van der Waals surface area contributed by atoms with E-state index in [0.717, 1.165) is 16.5 Å². The van der Waals surface area contributed by atoms with E-state index in [2.05, 4.69) is 18.2 Å². The summed E-state index contributed by atoms with van der Waals surface area (Å²) in [7, 11) is 0. The number of hydrogen-bond acceptors (Lipinski definition) is 2. The number of urea groups is 1. The molecule has 4 nitrogen and oxygen atoms in total. The number of carbonyl (C=O) groups excluding carboxylic acids is 1. The fourth-order valence-corrected chi connectivity index (χ4v) is 2.78. The first-order valence-electron chi connectivity index (χ1n) is 7.43. The summed E-state index contributed by atoms with van der Waals surface area (Å²) < 4.78 is 5.33. The number of hydrogen-bond donors (Lipinski definition) is 0. The second kappa shape index (κ2) is 6.14. The van der Waals surface area contributed by atoms with Crippen LogP contribution in [0.3, 0.4) is 0 Å². The molecule has 1 saturated heterocycles. The van der Waals surface area contributed by atoms with Gasteiger partial charge in [-0.15, -0.1) is 0 Å². The average molecular weight is 284 g/mol. The summed E-state index contributed by atoms with van der Waals surface area (Å²) in [6.45, 7) is 5.25. The van der Waals surface area contributed by atoms with E-state index in [9.17, 15) is 4.79 Å². The van der Waals surface area contributed by atoms with Crippen LogP contribution in [0.15, 0.2) is 42.5 Å². The Morgan fingerprint density at radius 1 is 1.14 bits per heavy atom. The highest BCUT2D eigenvalue weighted by molar-refractivity contribution is 6.03. The molecule has 1 aliphatic heterocycles. The molecule has 0 N–H and O–H groups in total. The predicted molar refractivity (Wildman–Crippen MR) is 84.8 cm³/mol. The van der Waals surface area contributed by atoms with Crippen LogP contribution < -0.4 is 4.90 Å². The van der Waals surface area contributed by atoms with Crippen molar-refractivity contribution in [2.45, 2.75) is 6.92 Å². The van der Waals surface area contributed by atoms with Gasteiger partial charge in [0.05, 0.1) is 18.9 Å². The zero-order valence-corrected chi connectivity index (χ0v) is 12.3. The van der Waals surface area contributed by atoms with E-state index >= 15 is 0 Å². The molecule has 110 valence electrons. The maximum absolute atomic E-state index is 12.8. The monoisotopic (exact) mass is 284 g/mol. The summed E-state index contributed by atoms with van der Waals surface area (Å²) in [5.74, 6) is 0. The highest BCUT2D eigenvalue weighted by Crippen LogP contribution is 2.27. The van der Waals surface area contributed by atoms with Gasteiger partial charge in [-0.3, -0.25) is 4.90 Å². The van der Waals surface area contributed by atoms with Crippen molar-refractivity contribution in [2.75, 3.05) is 37.7 Å². The van der Waals surface area contributed by atoms with Gasteiger partial charge in [0.1, 0.15) is 0 Å². The Kier molecular flexibility index (Phi) is 4.06. The molecule has 0 saturated carbocycles. The van der Waals surface area contributed by atoms with Crippen molar-refractivity contribution < 1.29 is 9.53 Å². The fourth-order valence-electron chi connectivity index (χ4n) is 2.78. The van der Waals surface area contributed by atoms with Crippen LogP contribution in [-0.4, -0.2) is 43.8 Å². The first kappa shape index (κ1) is 13.9. The Bertz CT molecular complexity index is 630. The number of carbonyl (C=O) groups is 1. The summed E-state index contributed by atoms with van der Waals surface area (Å²) in [6.07, 6.45) is 0. The maximum Gasteiger partial charge on any atom is 0.324 e. The Morgan fingerprint density at radius 2 is 1.86 bits per heavy atom. The van der Waals surface area contributed by atoms with E-state index in [1.54, 1.807) is 0 Å². The Balaban J connectivity index is 1.96. The lowest BCUT2D eigenvalue weighted by Crippen LogP contribution is -2.48. The molecule has 0 unspecified atom stereocenters. The van der Waals surface area contributed by atoms with Gasteiger partial charge < -0.3 is 9.64 Å². The van der Waals surface area contributed by atoms with Gasteiger partial charge in [0.25, 0.3) is 0 Å². The van der Waals surface area contributed by atoms with E-state index in [1.165, 1.54) is 0 Å². The lowest BCUT2D eigenvalue weighted by atomic mass is 10.1. The van der Waals surface area contributed by atoms with Crippen molar-refractivity contribution >= 4 is 22.5 Å². The van der Waals surface area contributed by atoms with Crippen molar-refractivity contribution in [1.29, 1.82) is 0 Å². The lowest BCUT2D eigenvalue weighted by Gasteiger charge is -2.33. The molecular weight excluding hydrogens is 264 g/mol. The first-order valence-corrected chi connectivity index (χ1v) is 7.43. The molecule has 2 aromatic carbocycles. The van der Waals surface area contributed by atoms with Crippen LogP contribution in [0.4, 0.5) is 10.5 Å². The molecule has 2 amide bonds. The largest absolute Gasteiger partial charge is 0.378 e.